The van der Waals surface area contributed by atoms with Gasteiger partial charge in [0.25, 0.3) is 5.91 Å². The summed E-state index contributed by atoms with van der Waals surface area (Å²) in [4.78, 5) is 21.7. The van der Waals surface area contributed by atoms with E-state index in [1.807, 2.05) is 39.1 Å². The van der Waals surface area contributed by atoms with Crippen molar-refractivity contribution in [2.24, 2.45) is 0 Å². The summed E-state index contributed by atoms with van der Waals surface area (Å²) in [6, 6.07) is 8.33. The quantitative estimate of drug-likeness (QED) is 0.672. The lowest BCUT2D eigenvalue weighted by molar-refractivity contribution is -0.0320. The SMILES string of the molecule is Cc1ncc(CN2CCO[C@@H](c3c(C(=O)NC(C)C)sc4ccccc34)C2)s1. The molecule has 28 heavy (non-hydrogen) atoms. The van der Waals surface area contributed by atoms with E-state index < -0.39 is 0 Å². The number of fused-ring (bicyclic) bond motifs is 1. The normalized spacial score (nSPS) is 18.1. The Balaban J connectivity index is 1.64. The van der Waals surface area contributed by atoms with Crippen LogP contribution in [-0.2, 0) is 11.3 Å². The second-order valence-electron chi connectivity index (χ2n) is 7.41. The van der Waals surface area contributed by atoms with Crippen molar-refractivity contribution in [3.8, 4) is 0 Å². The highest BCUT2D eigenvalue weighted by atomic mass is 32.1. The molecule has 4 rings (SSSR count). The second kappa shape index (κ2) is 8.29. The lowest BCUT2D eigenvalue weighted by Crippen LogP contribution is -2.38. The molecule has 1 aliphatic heterocycles. The molecule has 1 amide bonds. The van der Waals surface area contributed by atoms with Crippen LogP contribution in [0.3, 0.4) is 0 Å². The molecule has 148 valence electrons. The highest BCUT2D eigenvalue weighted by Gasteiger charge is 2.30. The fourth-order valence-corrected chi connectivity index (χ4v) is 5.60. The molecule has 1 N–H and O–H groups in total. The van der Waals surface area contributed by atoms with Crippen LogP contribution in [0.5, 0.6) is 0 Å². The Hall–Kier alpha value is -1.80. The Morgan fingerprint density at radius 2 is 2.18 bits per heavy atom. The maximum absolute atomic E-state index is 12.9. The van der Waals surface area contributed by atoms with Crippen molar-refractivity contribution in [3.63, 3.8) is 0 Å². The molecule has 3 heterocycles. The molecule has 0 radical (unpaired) electrons. The van der Waals surface area contributed by atoms with Gasteiger partial charge in [0.05, 0.1) is 22.6 Å². The molecule has 1 fully saturated rings. The number of benzene rings is 1. The molecule has 2 aromatic heterocycles. The van der Waals surface area contributed by atoms with Crippen LogP contribution in [0.2, 0.25) is 0 Å². The molecule has 3 aromatic rings. The molecule has 0 spiro atoms. The van der Waals surface area contributed by atoms with Gasteiger partial charge in [0, 0.05) is 47.0 Å². The molecule has 0 aliphatic carbocycles. The first kappa shape index (κ1) is 19.5. The number of rotatable bonds is 5. The zero-order valence-corrected chi connectivity index (χ0v) is 18.0. The van der Waals surface area contributed by atoms with E-state index in [1.54, 1.807) is 22.7 Å². The molecule has 1 saturated heterocycles. The van der Waals surface area contributed by atoms with Crippen LogP contribution in [0.1, 0.15) is 45.1 Å². The first-order chi connectivity index (χ1) is 13.5. The van der Waals surface area contributed by atoms with Gasteiger partial charge < -0.3 is 10.1 Å². The van der Waals surface area contributed by atoms with E-state index in [2.05, 4.69) is 27.3 Å². The smallest absolute Gasteiger partial charge is 0.261 e. The average molecular weight is 416 g/mol. The molecule has 5 nitrogen and oxygen atoms in total. The molecule has 1 aliphatic rings. The van der Waals surface area contributed by atoms with Gasteiger partial charge in [-0.3, -0.25) is 9.69 Å². The zero-order valence-electron chi connectivity index (χ0n) is 16.4. The maximum Gasteiger partial charge on any atom is 0.261 e. The van der Waals surface area contributed by atoms with E-state index in [4.69, 9.17) is 4.74 Å². The number of thiazole rings is 1. The van der Waals surface area contributed by atoms with E-state index >= 15 is 0 Å². The van der Waals surface area contributed by atoms with Gasteiger partial charge in [-0.15, -0.1) is 22.7 Å². The number of nitrogens with one attached hydrogen (secondary N) is 1. The van der Waals surface area contributed by atoms with E-state index in [0.29, 0.717) is 6.61 Å². The molecule has 0 bridgehead atoms. The number of hydrogen-bond donors (Lipinski definition) is 1. The fraction of sp³-hybridized carbons (Fsp3) is 0.429. The van der Waals surface area contributed by atoms with Crippen LogP contribution in [0.25, 0.3) is 10.1 Å². The summed E-state index contributed by atoms with van der Waals surface area (Å²) >= 11 is 3.30. The predicted octanol–water partition coefficient (Wildman–Crippen LogP) is 4.38. The number of ether oxygens (including phenoxy) is 1. The van der Waals surface area contributed by atoms with E-state index in [-0.39, 0.29) is 18.1 Å². The lowest BCUT2D eigenvalue weighted by atomic mass is 10.0. The first-order valence-corrected chi connectivity index (χ1v) is 11.2. The number of nitrogens with zero attached hydrogens (tertiary/aromatic N) is 2. The molecule has 7 heteroatoms. The molecule has 0 unspecified atom stereocenters. The standard InChI is InChI=1S/C21H25N3O2S2/c1-13(2)23-21(25)20-19(16-6-4-5-7-18(16)28-20)17-12-24(8-9-26-17)11-15-10-22-14(3)27-15/h4-7,10,13,17H,8-9,11-12H2,1-3H3,(H,23,25)/t17-/m1/s1. The largest absolute Gasteiger partial charge is 0.371 e. The molecule has 1 aromatic carbocycles. The van der Waals surface area contributed by atoms with Gasteiger partial charge in [0.1, 0.15) is 0 Å². The third kappa shape index (κ3) is 4.12. The van der Waals surface area contributed by atoms with Crippen LogP contribution in [0.15, 0.2) is 30.5 Å². The first-order valence-electron chi connectivity index (χ1n) is 9.59. The van der Waals surface area contributed by atoms with Crippen molar-refractivity contribution < 1.29 is 9.53 Å². The highest BCUT2D eigenvalue weighted by Crippen LogP contribution is 2.38. The average Bonchev–Trinajstić information content (AvgIpc) is 3.24. The fourth-order valence-electron chi connectivity index (χ4n) is 3.60. The third-order valence-electron chi connectivity index (χ3n) is 4.78. The maximum atomic E-state index is 12.9. The Bertz CT molecular complexity index is 979. The van der Waals surface area contributed by atoms with Crippen molar-refractivity contribution >= 4 is 38.7 Å². The van der Waals surface area contributed by atoms with Gasteiger partial charge in [-0.25, -0.2) is 4.98 Å². The number of amides is 1. The van der Waals surface area contributed by atoms with E-state index in [0.717, 1.165) is 45.2 Å². The van der Waals surface area contributed by atoms with Crippen LogP contribution < -0.4 is 5.32 Å². The molecule has 1 atom stereocenters. The summed E-state index contributed by atoms with van der Waals surface area (Å²) in [6.45, 7) is 9.22. The van der Waals surface area contributed by atoms with Gasteiger partial charge in [0.15, 0.2) is 0 Å². The van der Waals surface area contributed by atoms with Gasteiger partial charge in [-0.05, 0) is 32.2 Å². The monoisotopic (exact) mass is 415 g/mol. The predicted molar refractivity (Wildman–Crippen MR) is 115 cm³/mol. The summed E-state index contributed by atoms with van der Waals surface area (Å²) in [6.07, 6.45) is 1.86. The summed E-state index contributed by atoms with van der Waals surface area (Å²) < 4.78 is 7.30. The topological polar surface area (TPSA) is 54.5 Å². The van der Waals surface area contributed by atoms with Crippen LogP contribution >= 0.6 is 22.7 Å². The van der Waals surface area contributed by atoms with Gasteiger partial charge in [0.2, 0.25) is 0 Å². The Morgan fingerprint density at radius 1 is 1.36 bits per heavy atom. The number of carbonyl (C=O) groups is 1. The minimum atomic E-state index is -0.105. The second-order valence-corrected chi connectivity index (χ2v) is 9.78. The van der Waals surface area contributed by atoms with Gasteiger partial charge >= 0.3 is 0 Å². The van der Waals surface area contributed by atoms with Crippen molar-refractivity contribution in [1.29, 1.82) is 0 Å². The van der Waals surface area contributed by atoms with Gasteiger partial charge in [-0.1, -0.05) is 18.2 Å². The summed E-state index contributed by atoms with van der Waals surface area (Å²) in [7, 11) is 0. The summed E-state index contributed by atoms with van der Waals surface area (Å²) in [5, 5.41) is 5.27. The number of aryl methyl sites for hydroxylation is 1. The number of thiophene rings is 1. The van der Waals surface area contributed by atoms with Crippen LogP contribution in [0, 0.1) is 6.92 Å². The third-order valence-corrected chi connectivity index (χ3v) is 6.86. The number of morpholine rings is 1. The van der Waals surface area contributed by atoms with Crippen molar-refractivity contribution in [2.75, 3.05) is 19.7 Å². The van der Waals surface area contributed by atoms with Crippen molar-refractivity contribution in [3.05, 3.63) is 50.8 Å². The Kier molecular flexibility index (Phi) is 5.78. The summed E-state index contributed by atoms with van der Waals surface area (Å²) in [5.41, 5.74) is 1.03. The van der Waals surface area contributed by atoms with Crippen LogP contribution in [0.4, 0.5) is 0 Å². The minimum absolute atomic E-state index is 0.00925. The molecule has 0 saturated carbocycles. The highest BCUT2D eigenvalue weighted by molar-refractivity contribution is 7.21. The summed E-state index contributed by atoms with van der Waals surface area (Å²) in [5.74, 6) is -0.00925. The lowest BCUT2D eigenvalue weighted by Gasteiger charge is -2.33. The number of hydrogen-bond acceptors (Lipinski definition) is 6. The van der Waals surface area contributed by atoms with Crippen LogP contribution in [-0.4, -0.2) is 41.5 Å². The Labute approximate surface area is 173 Å². The molecular weight excluding hydrogens is 390 g/mol. The Morgan fingerprint density at radius 3 is 2.93 bits per heavy atom. The van der Waals surface area contributed by atoms with E-state index in [1.165, 1.54) is 4.88 Å². The van der Waals surface area contributed by atoms with Crippen molar-refractivity contribution in [2.45, 2.75) is 39.5 Å². The minimum Gasteiger partial charge on any atom is -0.371 e. The number of carbonyl (C=O) groups excluding carboxylic acids is 1. The number of aromatic nitrogens is 1. The van der Waals surface area contributed by atoms with Crippen molar-refractivity contribution in [1.82, 2.24) is 15.2 Å². The van der Waals surface area contributed by atoms with Gasteiger partial charge in [-0.2, -0.15) is 0 Å². The van der Waals surface area contributed by atoms with E-state index in [9.17, 15) is 4.79 Å². The molecular formula is C21H25N3O2S2. The zero-order chi connectivity index (χ0) is 19.7.